The van der Waals surface area contributed by atoms with Gasteiger partial charge in [-0.1, -0.05) is 23.8 Å². The summed E-state index contributed by atoms with van der Waals surface area (Å²) in [5, 5.41) is 3.58. The highest BCUT2D eigenvalue weighted by atomic mass is 35.5. The van der Waals surface area contributed by atoms with Crippen molar-refractivity contribution in [2.24, 2.45) is 0 Å². The van der Waals surface area contributed by atoms with Gasteiger partial charge in [-0.05, 0) is 31.0 Å². The van der Waals surface area contributed by atoms with Crippen molar-refractivity contribution < 1.29 is 9.59 Å². The van der Waals surface area contributed by atoms with Crippen LogP contribution in [0.15, 0.2) is 43.5 Å². The molecule has 1 N–H and O–H groups in total. The first-order valence-electron chi connectivity index (χ1n) is 8.39. The third-order valence-corrected chi connectivity index (χ3v) is 4.32. The predicted molar refractivity (Wildman–Crippen MR) is 102 cm³/mol. The minimum absolute atomic E-state index is 0.0295. The molecule has 0 bridgehead atoms. The van der Waals surface area contributed by atoms with Gasteiger partial charge in [0.1, 0.15) is 0 Å². The topological polar surface area (TPSA) is 52.7 Å². The number of halogens is 1. The number of amides is 2. The molecule has 0 aromatic heterocycles. The molecule has 0 aliphatic carbocycles. The van der Waals surface area contributed by atoms with E-state index in [4.69, 9.17) is 11.6 Å². The van der Waals surface area contributed by atoms with E-state index < -0.39 is 0 Å². The number of anilines is 1. The van der Waals surface area contributed by atoms with Gasteiger partial charge in [0.25, 0.3) is 5.91 Å². The number of carbonyl (C=O) groups excluding carboxylic acids is 2. The summed E-state index contributed by atoms with van der Waals surface area (Å²) in [5.74, 6) is -0.127. The van der Waals surface area contributed by atoms with Crippen LogP contribution in [0.2, 0.25) is 5.02 Å². The number of benzene rings is 1. The summed E-state index contributed by atoms with van der Waals surface area (Å²) < 4.78 is 0. The highest BCUT2D eigenvalue weighted by molar-refractivity contribution is 6.31. The second kappa shape index (κ2) is 9.28. The smallest absolute Gasteiger partial charge is 0.255 e. The molecule has 2 amide bonds. The van der Waals surface area contributed by atoms with Crippen LogP contribution in [0, 0.1) is 0 Å². The van der Waals surface area contributed by atoms with E-state index in [0.717, 1.165) is 25.9 Å². The molecule has 0 saturated carbocycles. The first-order chi connectivity index (χ1) is 12.1. The summed E-state index contributed by atoms with van der Waals surface area (Å²) in [6, 6.07) is 5.09. The lowest BCUT2D eigenvalue weighted by Gasteiger charge is -2.21. The maximum absolute atomic E-state index is 12.7. The summed E-state index contributed by atoms with van der Waals surface area (Å²) in [6.45, 7) is 9.82. The molecule has 25 heavy (non-hydrogen) atoms. The summed E-state index contributed by atoms with van der Waals surface area (Å²) in [4.78, 5) is 28.5. The number of rotatable bonds is 8. The van der Waals surface area contributed by atoms with E-state index in [0.29, 0.717) is 29.4 Å². The van der Waals surface area contributed by atoms with E-state index in [2.05, 4.69) is 18.5 Å². The standard InChI is InChI=1S/C19H24ClN3O2/c1-3-9-22(10-4-2)18(24)14-21-17-13-15(20)7-8-16(17)19(25)23-11-5-6-12-23/h3-4,7-8,13,21H,1-2,5-6,9-12,14H2. The lowest BCUT2D eigenvalue weighted by Crippen LogP contribution is -2.36. The monoisotopic (exact) mass is 361 g/mol. The number of hydrogen-bond donors (Lipinski definition) is 1. The number of hydrogen-bond acceptors (Lipinski definition) is 3. The van der Waals surface area contributed by atoms with Gasteiger partial charge in [0.15, 0.2) is 0 Å². The van der Waals surface area contributed by atoms with Gasteiger partial charge < -0.3 is 15.1 Å². The fraction of sp³-hybridized carbons (Fsp3) is 0.368. The Bertz CT molecular complexity index is 644. The van der Waals surface area contributed by atoms with Crippen LogP contribution in [0.1, 0.15) is 23.2 Å². The normalized spacial score (nSPS) is 13.4. The Hall–Kier alpha value is -2.27. The fourth-order valence-corrected chi connectivity index (χ4v) is 2.98. The quantitative estimate of drug-likeness (QED) is 0.723. The molecular formula is C19H24ClN3O2. The van der Waals surface area contributed by atoms with Crippen molar-refractivity contribution >= 4 is 29.1 Å². The molecule has 1 aromatic rings. The van der Waals surface area contributed by atoms with Crippen molar-refractivity contribution in [3.05, 3.63) is 54.1 Å². The van der Waals surface area contributed by atoms with E-state index in [1.54, 1.807) is 35.3 Å². The summed E-state index contributed by atoms with van der Waals surface area (Å²) in [6.07, 6.45) is 5.39. The molecule has 0 atom stereocenters. The molecule has 1 aliphatic rings. The number of nitrogens with zero attached hydrogens (tertiary/aromatic N) is 2. The zero-order valence-electron chi connectivity index (χ0n) is 14.3. The summed E-state index contributed by atoms with van der Waals surface area (Å²) in [7, 11) is 0. The Kier molecular flexibility index (Phi) is 7.07. The Morgan fingerprint density at radius 3 is 2.44 bits per heavy atom. The molecule has 6 heteroatoms. The molecule has 5 nitrogen and oxygen atoms in total. The van der Waals surface area contributed by atoms with Gasteiger partial charge in [-0.25, -0.2) is 0 Å². The SMILES string of the molecule is C=CCN(CC=C)C(=O)CNc1cc(Cl)ccc1C(=O)N1CCCC1. The Labute approximate surface area is 153 Å². The minimum atomic E-state index is -0.0978. The average Bonchev–Trinajstić information content (AvgIpc) is 3.13. The van der Waals surface area contributed by atoms with E-state index in [1.807, 2.05) is 4.90 Å². The van der Waals surface area contributed by atoms with Gasteiger partial charge in [0.05, 0.1) is 12.1 Å². The molecule has 1 aliphatic heterocycles. The number of likely N-dealkylation sites (tertiary alicyclic amines) is 1. The zero-order valence-corrected chi connectivity index (χ0v) is 15.1. The molecule has 0 unspecified atom stereocenters. The lowest BCUT2D eigenvalue weighted by atomic mass is 10.1. The summed E-state index contributed by atoms with van der Waals surface area (Å²) >= 11 is 6.07. The van der Waals surface area contributed by atoms with Crippen molar-refractivity contribution in [3.63, 3.8) is 0 Å². The van der Waals surface area contributed by atoms with Crippen LogP contribution in [0.4, 0.5) is 5.69 Å². The lowest BCUT2D eigenvalue weighted by molar-refractivity contribution is -0.128. The van der Waals surface area contributed by atoms with Crippen molar-refractivity contribution in [1.29, 1.82) is 0 Å². The molecule has 0 radical (unpaired) electrons. The second-order valence-corrected chi connectivity index (χ2v) is 6.36. The van der Waals surface area contributed by atoms with Gasteiger partial charge in [0.2, 0.25) is 5.91 Å². The van der Waals surface area contributed by atoms with E-state index in [1.165, 1.54) is 0 Å². The van der Waals surface area contributed by atoms with Crippen molar-refractivity contribution in [2.45, 2.75) is 12.8 Å². The first-order valence-corrected chi connectivity index (χ1v) is 8.77. The number of carbonyl (C=O) groups is 2. The van der Waals surface area contributed by atoms with Crippen LogP contribution in [-0.2, 0) is 4.79 Å². The second-order valence-electron chi connectivity index (χ2n) is 5.92. The van der Waals surface area contributed by atoms with E-state index in [-0.39, 0.29) is 18.4 Å². The Morgan fingerprint density at radius 1 is 1.20 bits per heavy atom. The summed E-state index contributed by atoms with van der Waals surface area (Å²) in [5.41, 5.74) is 1.12. The highest BCUT2D eigenvalue weighted by Crippen LogP contribution is 2.24. The van der Waals surface area contributed by atoms with Crippen LogP contribution < -0.4 is 5.32 Å². The van der Waals surface area contributed by atoms with E-state index >= 15 is 0 Å². The van der Waals surface area contributed by atoms with Crippen molar-refractivity contribution in [1.82, 2.24) is 9.80 Å². The third-order valence-electron chi connectivity index (χ3n) is 4.09. The highest BCUT2D eigenvalue weighted by Gasteiger charge is 2.22. The molecule has 1 saturated heterocycles. The molecule has 134 valence electrons. The van der Waals surface area contributed by atoms with Gasteiger partial charge in [-0.2, -0.15) is 0 Å². The third kappa shape index (κ3) is 5.10. The predicted octanol–water partition coefficient (Wildman–Crippen LogP) is 3.19. The van der Waals surface area contributed by atoms with Crippen LogP contribution in [0.25, 0.3) is 0 Å². The van der Waals surface area contributed by atoms with Gasteiger partial charge in [-0.3, -0.25) is 9.59 Å². The maximum atomic E-state index is 12.7. The van der Waals surface area contributed by atoms with E-state index in [9.17, 15) is 9.59 Å². The molecule has 1 fully saturated rings. The van der Waals surface area contributed by atoms with Crippen LogP contribution >= 0.6 is 11.6 Å². The molecule has 0 spiro atoms. The van der Waals surface area contributed by atoms with Gasteiger partial charge >= 0.3 is 0 Å². The van der Waals surface area contributed by atoms with Crippen LogP contribution in [-0.4, -0.2) is 54.3 Å². The molecule has 1 heterocycles. The first kappa shape index (κ1) is 19.1. The largest absolute Gasteiger partial charge is 0.375 e. The minimum Gasteiger partial charge on any atom is -0.375 e. The average molecular weight is 362 g/mol. The van der Waals surface area contributed by atoms with Crippen LogP contribution in [0.5, 0.6) is 0 Å². The van der Waals surface area contributed by atoms with Crippen LogP contribution in [0.3, 0.4) is 0 Å². The van der Waals surface area contributed by atoms with Gasteiger partial charge in [-0.15, -0.1) is 13.2 Å². The Balaban J connectivity index is 2.11. The zero-order chi connectivity index (χ0) is 18.2. The molecule has 2 rings (SSSR count). The number of nitrogens with one attached hydrogen (secondary N) is 1. The van der Waals surface area contributed by atoms with Crippen molar-refractivity contribution in [2.75, 3.05) is 38.0 Å². The fourth-order valence-electron chi connectivity index (χ4n) is 2.81. The Morgan fingerprint density at radius 2 is 1.84 bits per heavy atom. The maximum Gasteiger partial charge on any atom is 0.255 e. The molecular weight excluding hydrogens is 338 g/mol. The van der Waals surface area contributed by atoms with Crippen molar-refractivity contribution in [3.8, 4) is 0 Å². The molecule has 1 aromatic carbocycles. The van der Waals surface area contributed by atoms with Gasteiger partial charge in [0, 0.05) is 36.9 Å².